The number of benzene rings is 5. The fourth-order valence-electron chi connectivity index (χ4n) is 6.77. The predicted molar refractivity (Wildman–Crippen MR) is 210 cm³/mol. The van der Waals surface area contributed by atoms with Gasteiger partial charge in [0.2, 0.25) is 5.95 Å². The minimum absolute atomic E-state index is 0.666. The van der Waals surface area contributed by atoms with Crippen molar-refractivity contribution in [1.29, 1.82) is 0 Å². The second kappa shape index (κ2) is 13.3. The van der Waals surface area contributed by atoms with Crippen LogP contribution in [0, 0.1) is 0 Å². The van der Waals surface area contributed by atoms with Crippen LogP contribution in [-0.2, 0) is 0 Å². The van der Waals surface area contributed by atoms with Crippen molar-refractivity contribution in [1.82, 2.24) is 14.5 Å². The van der Waals surface area contributed by atoms with Gasteiger partial charge in [-0.25, -0.2) is 9.97 Å². The van der Waals surface area contributed by atoms with Crippen LogP contribution in [0.4, 0.5) is 17.1 Å². The Hall–Kier alpha value is -5.94. The summed E-state index contributed by atoms with van der Waals surface area (Å²) in [4.78, 5) is 14.8. The summed E-state index contributed by atoms with van der Waals surface area (Å²) >= 11 is 0. The van der Waals surface area contributed by atoms with Crippen molar-refractivity contribution in [2.24, 2.45) is 0 Å². The SMILES string of the molecule is C=C1N(C)c2ccc(-c3ccc4c(c3)c3ccccc3n4-c3nc(C(/C=C\CC)=C/C)c4ccccc4n3)cc2N1c1ccccc1.CC. The highest BCUT2D eigenvalue weighted by atomic mass is 15.4. The van der Waals surface area contributed by atoms with Gasteiger partial charge in [0.25, 0.3) is 0 Å². The topological polar surface area (TPSA) is 37.2 Å². The van der Waals surface area contributed by atoms with Crippen LogP contribution in [0.3, 0.4) is 0 Å². The van der Waals surface area contributed by atoms with Crippen molar-refractivity contribution < 1.29 is 0 Å². The molecule has 0 atom stereocenters. The smallest absolute Gasteiger partial charge is 0.235 e. The number of hydrogen-bond donors (Lipinski definition) is 0. The van der Waals surface area contributed by atoms with Crippen LogP contribution in [0.15, 0.2) is 146 Å². The van der Waals surface area contributed by atoms with E-state index in [0.717, 1.165) is 79.0 Å². The van der Waals surface area contributed by atoms with Crippen LogP contribution >= 0.6 is 0 Å². The second-order valence-corrected chi connectivity index (χ2v) is 11.9. The summed E-state index contributed by atoms with van der Waals surface area (Å²) in [5.41, 5.74) is 10.8. The summed E-state index contributed by atoms with van der Waals surface area (Å²) < 4.78 is 2.21. The predicted octanol–water partition coefficient (Wildman–Crippen LogP) is 11.8. The van der Waals surface area contributed by atoms with E-state index in [2.05, 4.69) is 163 Å². The first-order valence-electron chi connectivity index (χ1n) is 17.1. The van der Waals surface area contributed by atoms with Crippen molar-refractivity contribution in [3.05, 3.63) is 152 Å². The molecule has 49 heavy (non-hydrogen) atoms. The molecule has 0 radical (unpaired) electrons. The Kier molecular flexibility index (Phi) is 8.58. The van der Waals surface area contributed by atoms with E-state index in [0.29, 0.717) is 5.95 Å². The number of allylic oxidation sites excluding steroid dienone is 4. The lowest BCUT2D eigenvalue weighted by molar-refractivity contribution is 1.00. The Bertz CT molecular complexity index is 2400. The van der Waals surface area contributed by atoms with Crippen molar-refractivity contribution >= 4 is 55.3 Å². The molecule has 0 unspecified atom stereocenters. The van der Waals surface area contributed by atoms with Gasteiger partial charge in [0.15, 0.2) is 0 Å². The molecular weight excluding hydrogens is 599 g/mol. The van der Waals surface area contributed by atoms with Crippen LogP contribution in [0.1, 0.15) is 39.8 Å². The molecule has 0 N–H and O–H groups in total. The standard InChI is InChI=1S/C42H35N5.C2H6/c1-5-7-15-29(6-2)41-34-19-11-13-20-36(34)43-42(44-41)47-37-21-14-12-18-33(37)35-26-30(22-24-38(35)47)31-23-25-39-40(27-31)46(28(3)45(39)4)32-16-9-8-10-17-32;1-2/h6-27H,3,5H2,1-2,4H3;1-2H3/b15-7-,29-6+;. The highest BCUT2D eigenvalue weighted by Crippen LogP contribution is 2.46. The fourth-order valence-corrected chi connectivity index (χ4v) is 6.77. The van der Waals surface area contributed by atoms with E-state index in [1.807, 2.05) is 26.0 Å². The van der Waals surface area contributed by atoms with E-state index in [9.17, 15) is 0 Å². The van der Waals surface area contributed by atoms with Gasteiger partial charge in [0.1, 0.15) is 5.82 Å². The molecule has 0 amide bonds. The molecule has 5 aromatic carbocycles. The second-order valence-electron chi connectivity index (χ2n) is 11.9. The molecule has 0 saturated heterocycles. The van der Waals surface area contributed by atoms with E-state index in [1.165, 1.54) is 5.39 Å². The van der Waals surface area contributed by atoms with Crippen LogP contribution in [0.2, 0.25) is 0 Å². The van der Waals surface area contributed by atoms with Crippen molar-refractivity contribution in [3.8, 4) is 17.1 Å². The number of anilines is 3. The van der Waals surface area contributed by atoms with Gasteiger partial charge in [-0.1, -0.05) is 112 Å². The first-order chi connectivity index (χ1) is 24.1. The molecule has 242 valence electrons. The molecule has 1 aliphatic rings. The largest absolute Gasteiger partial charge is 0.329 e. The number of hydrogen-bond acceptors (Lipinski definition) is 4. The average molecular weight is 640 g/mol. The van der Waals surface area contributed by atoms with Gasteiger partial charge in [-0.05, 0) is 78.6 Å². The van der Waals surface area contributed by atoms with E-state index in [1.54, 1.807) is 0 Å². The maximum absolute atomic E-state index is 5.25. The molecule has 3 heterocycles. The van der Waals surface area contributed by atoms with Gasteiger partial charge in [-0.3, -0.25) is 9.47 Å². The van der Waals surface area contributed by atoms with E-state index < -0.39 is 0 Å². The van der Waals surface area contributed by atoms with E-state index >= 15 is 0 Å². The number of nitrogens with zero attached hydrogens (tertiary/aromatic N) is 5. The first kappa shape index (κ1) is 31.6. The Balaban J connectivity index is 0.00000186. The summed E-state index contributed by atoms with van der Waals surface area (Å²) in [6.07, 6.45) is 7.44. The Morgan fingerprint density at radius 2 is 1.39 bits per heavy atom. The normalized spacial score (nSPS) is 13.1. The molecule has 0 fully saturated rings. The zero-order chi connectivity index (χ0) is 34.1. The fraction of sp³-hybridized carbons (Fsp3) is 0.136. The number of aromatic nitrogens is 3. The molecule has 0 spiro atoms. The highest BCUT2D eigenvalue weighted by Gasteiger charge is 2.29. The third-order valence-corrected chi connectivity index (χ3v) is 9.15. The van der Waals surface area contributed by atoms with Gasteiger partial charge < -0.3 is 4.90 Å². The van der Waals surface area contributed by atoms with Crippen LogP contribution in [-0.4, -0.2) is 21.6 Å². The number of rotatable bonds is 6. The highest BCUT2D eigenvalue weighted by molar-refractivity contribution is 6.10. The van der Waals surface area contributed by atoms with E-state index in [-0.39, 0.29) is 0 Å². The van der Waals surface area contributed by atoms with Crippen molar-refractivity contribution in [2.45, 2.75) is 34.1 Å². The Morgan fingerprint density at radius 3 is 2.16 bits per heavy atom. The summed E-state index contributed by atoms with van der Waals surface area (Å²) in [7, 11) is 2.07. The molecule has 5 nitrogen and oxygen atoms in total. The third kappa shape index (κ3) is 5.38. The molecule has 5 heteroatoms. The average Bonchev–Trinajstić information content (AvgIpc) is 3.62. The van der Waals surface area contributed by atoms with Crippen LogP contribution in [0.25, 0.3) is 55.4 Å². The maximum atomic E-state index is 5.25. The third-order valence-electron chi connectivity index (χ3n) is 9.15. The number of para-hydroxylation sites is 3. The summed E-state index contributed by atoms with van der Waals surface area (Å²) in [6.45, 7) is 12.6. The monoisotopic (exact) mass is 639 g/mol. The van der Waals surface area contributed by atoms with E-state index in [4.69, 9.17) is 9.97 Å². The Labute approximate surface area is 288 Å². The molecular formula is C44H41N5. The van der Waals surface area contributed by atoms with Crippen LogP contribution in [0.5, 0.6) is 0 Å². The van der Waals surface area contributed by atoms with Gasteiger partial charge in [0.05, 0.1) is 33.6 Å². The summed E-state index contributed by atoms with van der Waals surface area (Å²) in [5, 5.41) is 3.37. The van der Waals surface area contributed by atoms with Crippen LogP contribution < -0.4 is 9.80 Å². The zero-order valence-corrected chi connectivity index (χ0v) is 28.9. The van der Waals surface area contributed by atoms with Gasteiger partial charge in [0, 0.05) is 28.9 Å². The first-order valence-corrected chi connectivity index (χ1v) is 17.1. The minimum atomic E-state index is 0.666. The van der Waals surface area contributed by atoms with Gasteiger partial charge in [-0.15, -0.1) is 0 Å². The summed E-state index contributed by atoms with van der Waals surface area (Å²) in [5.74, 6) is 1.60. The minimum Gasteiger partial charge on any atom is -0.329 e. The molecule has 7 aromatic rings. The molecule has 8 rings (SSSR count). The molecule has 0 aliphatic carbocycles. The zero-order valence-electron chi connectivity index (χ0n) is 28.9. The molecule has 0 bridgehead atoms. The van der Waals surface area contributed by atoms with Gasteiger partial charge >= 0.3 is 0 Å². The molecule has 2 aromatic heterocycles. The maximum Gasteiger partial charge on any atom is 0.235 e. The lowest BCUT2D eigenvalue weighted by Crippen LogP contribution is -2.20. The molecule has 0 saturated carbocycles. The lowest BCUT2D eigenvalue weighted by atomic mass is 10.0. The number of fused-ring (bicyclic) bond motifs is 5. The van der Waals surface area contributed by atoms with Crippen molar-refractivity contribution in [3.63, 3.8) is 0 Å². The quantitative estimate of drug-likeness (QED) is 0.170. The van der Waals surface area contributed by atoms with Crippen molar-refractivity contribution in [2.75, 3.05) is 16.8 Å². The molecule has 1 aliphatic heterocycles. The van der Waals surface area contributed by atoms with Gasteiger partial charge in [-0.2, -0.15) is 0 Å². The summed E-state index contributed by atoms with van der Waals surface area (Å²) in [6, 6.07) is 40.7. The Morgan fingerprint density at radius 1 is 0.714 bits per heavy atom. The lowest BCUT2D eigenvalue weighted by Gasteiger charge is -2.21.